The fourth-order valence-corrected chi connectivity index (χ4v) is 2.73. The van der Waals surface area contributed by atoms with Crippen molar-refractivity contribution in [1.82, 2.24) is 20.2 Å². The van der Waals surface area contributed by atoms with E-state index in [1.54, 1.807) is 6.21 Å². The Morgan fingerprint density at radius 1 is 1.44 bits per heavy atom. The fraction of sp³-hybridized carbons (Fsp3) is 0.250. The number of nitrogens with one attached hydrogen (secondary N) is 3. The number of H-pyrrole nitrogens is 2. The topological polar surface area (TPSA) is 108 Å². The number of fused-ring (bicyclic) bond motifs is 1. The smallest absolute Gasteiger partial charge is 0.316 e. The van der Waals surface area contributed by atoms with Crippen LogP contribution >= 0.6 is 11.8 Å². The molecule has 8 nitrogen and oxygen atoms in total. The first kappa shape index (κ1) is 17.0. The van der Waals surface area contributed by atoms with Gasteiger partial charge >= 0.3 is 5.97 Å². The molecule has 0 saturated carbocycles. The number of benzene rings is 1. The molecular weight excluding hydrogens is 340 g/mol. The predicted octanol–water partition coefficient (Wildman–Crippen LogP) is 2.78. The van der Waals surface area contributed by atoms with Gasteiger partial charge in [0.15, 0.2) is 0 Å². The molecule has 0 amide bonds. The SMILES string of the molecule is CC(C)OC(=O)CSc1n[nH]c(N/N=C/c2c[nH]c3ccccc23)n1. The molecule has 0 aliphatic carbocycles. The van der Waals surface area contributed by atoms with E-state index in [0.717, 1.165) is 16.5 Å². The van der Waals surface area contributed by atoms with Crippen molar-refractivity contribution in [2.45, 2.75) is 25.1 Å². The summed E-state index contributed by atoms with van der Waals surface area (Å²) in [6.45, 7) is 3.62. The maximum atomic E-state index is 11.5. The summed E-state index contributed by atoms with van der Waals surface area (Å²) in [6, 6.07) is 7.98. The van der Waals surface area contributed by atoms with Gasteiger partial charge in [0.25, 0.3) is 0 Å². The third-order valence-corrected chi connectivity index (χ3v) is 3.97. The molecule has 2 heterocycles. The van der Waals surface area contributed by atoms with Gasteiger partial charge in [-0.3, -0.25) is 4.79 Å². The van der Waals surface area contributed by atoms with E-state index in [-0.39, 0.29) is 17.8 Å². The molecule has 9 heteroatoms. The lowest BCUT2D eigenvalue weighted by Gasteiger charge is -2.05. The van der Waals surface area contributed by atoms with Crippen LogP contribution in [0.1, 0.15) is 19.4 Å². The van der Waals surface area contributed by atoms with Gasteiger partial charge in [0.05, 0.1) is 18.1 Å². The molecule has 0 aliphatic rings. The summed E-state index contributed by atoms with van der Waals surface area (Å²) >= 11 is 1.20. The van der Waals surface area contributed by atoms with Crippen LogP contribution in [0.3, 0.4) is 0 Å². The summed E-state index contributed by atoms with van der Waals surface area (Å²) in [5.41, 5.74) is 4.80. The minimum Gasteiger partial charge on any atom is -0.462 e. The molecule has 0 spiro atoms. The van der Waals surface area contributed by atoms with E-state index in [0.29, 0.717) is 11.1 Å². The summed E-state index contributed by atoms with van der Waals surface area (Å²) < 4.78 is 5.05. The number of para-hydroxylation sites is 1. The number of hydrogen-bond acceptors (Lipinski definition) is 7. The Morgan fingerprint density at radius 2 is 2.28 bits per heavy atom. The number of carbonyl (C=O) groups excluding carboxylic acids is 1. The van der Waals surface area contributed by atoms with Gasteiger partial charge < -0.3 is 9.72 Å². The van der Waals surface area contributed by atoms with Crippen molar-refractivity contribution in [2.75, 3.05) is 11.2 Å². The molecule has 0 aliphatic heterocycles. The summed E-state index contributed by atoms with van der Waals surface area (Å²) in [4.78, 5) is 18.9. The second-order valence-corrected chi connectivity index (χ2v) is 6.40. The van der Waals surface area contributed by atoms with Crippen LogP contribution in [0.5, 0.6) is 0 Å². The summed E-state index contributed by atoms with van der Waals surface area (Å²) in [5, 5.41) is 12.4. The second kappa shape index (κ2) is 7.84. The normalized spacial score (nSPS) is 11.5. The molecule has 0 unspecified atom stereocenters. The zero-order valence-corrected chi connectivity index (χ0v) is 14.6. The number of nitrogens with zero attached hydrogens (tertiary/aromatic N) is 3. The maximum Gasteiger partial charge on any atom is 0.316 e. The van der Waals surface area contributed by atoms with Crippen LogP contribution in [-0.2, 0) is 9.53 Å². The summed E-state index contributed by atoms with van der Waals surface area (Å²) in [5.74, 6) is 0.265. The quantitative estimate of drug-likeness (QED) is 0.259. The molecule has 1 aromatic carbocycles. The molecule has 130 valence electrons. The Hall–Kier alpha value is -2.81. The van der Waals surface area contributed by atoms with Crippen LogP contribution in [0.15, 0.2) is 40.7 Å². The monoisotopic (exact) mass is 358 g/mol. The number of thioether (sulfide) groups is 1. The first-order valence-electron chi connectivity index (χ1n) is 7.71. The predicted molar refractivity (Wildman–Crippen MR) is 97.9 cm³/mol. The number of aromatic amines is 2. The molecule has 2 aromatic heterocycles. The lowest BCUT2D eigenvalue weighted by molar-refractivity contribution is -0.144. The molecule has 0 bridgehead atoms. The third-order valence-electron chi connectivity index (χ3n) is 3.15. The van der Waals surface area contributed by atoms with E-state index in [2.05, 4.69) is 30.7 Å². The highest BCUT2D eigenvalue weighted by Crippen LogP contribution is 2.16. The van der Waals surface area contributed by atoms with Gasteiger partial charge in [-0.25, -0.2) is 10.5 Å². The number of carbonyl (C=O) groups is 1. The molecule has 0 atom stereocenters. The number of rotatable bonds is 7. The summed E-state index contributed by atoms with van der Waals surface area (Å²) in [7, 11) is 0. The summed E-state index contributed by atoms with van der Waals surface area (Å²) in [6.07, 6.45) is 3.46. The molecule has 3 rings (SSSR count). The van der Waals surface area contributed by atoms with Crippen LogP contribution in [0.4, 0.5) is 5.95 Å². The standard InChI is InChI=1S/C16H18N6O2S/c1-10(2)24-14(23)9-25-16-19-15(21-22-16)20-18-8-11-7-17-13-6-4-3-5-12(11)13/h3-8,10,17H,9H2,1-2H3,(H2,19,20,21,22)/b18-8+. The Balaban J connectivity index is 1.54. The van der Waals surface area contributed by atoms with Crippen molar-refractivity contribution in [1.29, 1.82) is 0 Å². The average Bonchev–Trinajstić information content (AvgIpc) is 3.20. The van der Waals surface area contributed by atoms with E-state index >= 15 is 0 Å². The molecule has 0 saturated heterocycles. The van der Waals surface area contributed by atoms with Crippen molar-refractivity contribution in [3.63, 3.8) is 0 Å². The van der Waals surface area contributed by atoms with Gasteiger partial charge in [0, 0.05) is 22.7 Å². The third kappa shape index (κ3) is 4.60. The Bertz CT molecular complexity index is 886. The second-order valence-electron chi connectivity index (χ2n) is 5.45. The maximum absolute atomic E-state index is 11.5. The highest BCUT2D eigenvalue weighted by molar-refractivity contribution is 7.99. The van der Waals surface area contributed by atoms with E-state index < -0.39 is 0 Å². The van der Waals surface area contributed by atoms with Crippen LogP contribution < -0.4 is 5.43 Å². The van der Waals surface area contributed by atoms with Crippen molar-refractivity contribution >= 4 is 40.8 Å². The lowest BCUT2D eigenvalue weighted by Crippen LogP contribution is -2.13. The van der Waals surface area contributed by atoms with E-state index in [1.165, 1.54) is 11.8 Å². The van der Waals surface area contributed by atoms with E-state index in [4.69, 9.17) is 4.74 Å². The average molecular weight is 358 g/mol. The first-order valence-corrected chi connectivity index (χ1v) is 8.70. The molecule has 3 N–H and O–H groups in total. The van der Waals surface area contributed by atoms with Gasteiger partial charge in [-0.05, 0) is 19.9 Å². The molecule has 0 fully saturated rings. The Morgan fingerprint density at radius 3 is 3.12 bits per heavy atom. The zero-order chi connectivity index (χ0) is 17.6. The van der Waals surface area contributed by atoms with Crippen LogP contribution in [0.25, 0.3) is 10.9 Å². The Kier molecular flexibility index (Phi) is 5.34. The van der Waals surface area contributed by atoms with Gasteiger partial charge in [0.2, 0.25) is 11.1 Å². The fourth-order valence-electron chi connectivity index (χ4n) is 2.15. The Labute approximate surface area is 148 Å². The van der Waals surface area contributed by atoms with Gasteiger partial charge in [-0.15, -0.1) is 5.10 Å². The number of esters is 1. The largest absolute Gasteiger partial charge is 0.462 e. The first-order chi connectivity index (χ1) is 12.1. The van der Waals surface area contributed by atoms with Gasteiger partial charge in [-0.1, -0.05) is 30.0 Å². The van der Waals surface area contributed by atoms with Crippen molar-refractivity contribution in [3.05, 3.63) is 36.0 Å². The van der Waals surface area contributed by atoms with Crippen molar-refractivity contribution < 1.29 is 9.53 Å². The van der Waals surface area contributed by atoms with Gasteiger partial charge in [0.1, 0.15) is 0 Å². The number of ether oxygens (including phenoxy) is 1. The highest BCUT2D eigenvalue weighted by Gasteiger charge is 2.09. The molecule has 0 radical (unpaired) electrons. The number of anilines is 1. The van der Waals surface area contributed by atoms with Crippen LogP contribution in [0, 0.1) is 0 Å². The highest BCUT2D eigenvalue weighted by atomic mass is 32.2. The van der Waals surface area contributed by atoms with Gasteiger partial charge in [-0.2, -0.15) is 10.1 Å². The number of hydrogen-bond donors (Lipinski definition) is 3. The number of hydrazone groups is 1. The molecule has 25 heavy (non-hydrogen) atoms. The zero-order valence-electron chi connectivity index (χ0n) is 13.8. The van der Waals surface area contributed by atoms with Crippen LogP contribution in [-0.4, -0.2) is 44.2 Å². The van der Waals surface area contributed by atoms with Crippen LogP contribution in [0.2, 0.25) is 0 Å². The lowest BCUT2D eigenvalue weighted by atomic mass is 10.2. The minimum atomic E-state index is -0.295. The van der Waals surface area contributed by atoms with E-state index in [9.17, 15) is 4.79 Å². The van der Waals surface area contributed by atoms with E-state index in [1.807, 2.05) is 44.3 Å². The van der Waals surface area contributed by atoms with Crippen molar-refractivity contribution in [2.24, 2.45) is 5.10 Å². The van der Waals surface area contributed by atoms with Crippen molar-refractivity contribution in [3.8, 4) is 0 Å². The number of aromatic nitrogens is 4. The molecular formula is C16H18N6O2S. The minimum absolute atomic E-state index is 0.128. The molecule has 3 aromatic rings.